The molecule has 1 amide bonds. The summed E-state index contributed by atoms with van der Waals surface area (Å²) >= 11 is 0. The Balaban J connectivity index is 1.98. The third-order valence-corrected chi connectivity index (χ3v) is 4.69. The maximum Gasteiger partial charge on any atom is 0.237 e. The number of hydrogen-bond acceptors (Lipinski definition) is 4. The van der Waals surface area contributed by atoms with Crippen LogP contribution in [0, 0.1) is 0 Å². The highest BCUT2D eigenvalue weighted by molar-refractivity contribution is 5.79. The second-order valence-corrected chi connectivity index (χ2v) is 6.17. The number of anilines is 1. The number of aromatic nitrogens is 1. The first-order chi connectivity index (χ1) is 10.2. The van der Waals surface area contributed by atoms with Crippen LogP contribution in [0.5, 0.6) is 0 Å². The third kappa shape index (κ3) is 2.88. The number of nitrogens with zero attached hydrogens (tertiary/aromatic N) is 2. The first-order valence-corrected chi connectivity index (χ1v) is 7.95. The molecule has 5 heteroatoms. The molecule has 1 fully saturated rings. The molecule has 2 aliphatic rings. The molecule has 0 unspecified atom stereocenters. The van der Waals surface area contributed by atoms with Crippen molar-refractivity contribution in [3.8, 4) is 0 Å². The van der Waals surface area contributed by atoms with E-state index in [2.05, 4.69) is 11.0 Å². The van der Waals surface area contributed by atoms with Crippen molar-refractivity contribution in [2.45, 2.75) is 57.5 Å². The molecule has 114 valence electrons. The van der Waals surface area contributed by atoms with Crippen molar-refractivity contribution in [3.05, 3.63) is 22.9 Å². The lowest BCUT2D eigenvalue weighted by Gasteiger charge is -2.31. The van der Waals surface area contributed by atoms with E-state index >= 15 is 0 Å². The zero-order chi connectivity index (χ0) is 14.8. The van der Waals surface area contributed by atoms with Crippen LogP contribution in [0.1, 0.15) is 48.9 Å². The summed E-state index contributed by atoms with van der Waals surface area (Å²) in [4.78, 5) is 18.5. The molecule has 0 bridgehead atoms. The van der Waals surface area contributed by atoms with E-state index in [1.807, 2.05) is 0 Å². The van der Waals surface area contributed by atoms with Gasteiger partial charge in [-0.25, -0.2) is 4.98 Å². The molecule has 3 rings (SSSR count). The van der Waals surface area contributed by atoms with Crippen molar-refractivity contribution in [1.82, 2.24) is 4.98 Å². The molecule has 2 aliphatic carbocycles. The first-order valence-electron chi connectivity index (χ1n) is 7.95. The molecular weight excluding hydrogens is 264 g/mol. The van der Waals surface area contributed by atoms with Crippen molar-refractivity contribution >= 4 is 11.7 Å². The Hall–Kier alpha value is -1.62. The minimum Gasteiger partial charge on any atom is -0.368 e. The van der Waals surface area contributed by atoms with Gasteiger partial charge in [-0.05, 0) is 43.7 Å². The molecule has 0 spiro atoms. The number of primary amides is 1. The lowest BCUT2D eigenvalue weighted by molar-refractivity contribution is -0.116. The summed E-state index contributed by atoms with van der Waals surface area (Å²) < 4.78 is 0. The SMILES string of the molecule is NCc1cc2c(nc1N(CC(N)=O)C1CCCC1)CCC2. The van der Waals surface area contributed by atoms with Crippen LogP contribution in [-0.4, -0.2) is 23.5 Å². The number of carbonyl (C=O) groups is 1. The minimum atomic E-state index is -0.299. The Bertz CT molecular complexity index is 537. The Morgan fingerprint density at radius 1 is 1.29 bits per heavy atom. The molecule has 5 nitrogen and oxygen atoms in total. The summed E-state index contributed by atoms with van der Waals surface area (Å²) in [5, 5.41) is 0. The van der Waals surface area contributed by atoms with Gasteiger partial charge in [-0.1, -0.05) is 12.8 Å². The van der Waals surface area contributed by atoms with E-state index in [4.69, 9.17) is 16.5 Å². The smallest absolute Gasteiger partial charge is 0.237 e. The van der Waals surface area contributed by atoms with Crippen molar-refractivity contribution in [2.24, 2.45) is 11.5 Å². The van der Waals surface area contributed by atoms with Gasteiger partial charge in [-0.3, -0.25) is 4.79 Å². The second kappa shape index (κ2) is 6.02. The molecule has 0 radical (unpaired) electrons. The number of carbonyl (C=O) groups excluding carboxylic acids is 1. The van der Waals surface area contributed by atoms with Crippen molar-refractivity contribution < 1.29 is 4.79 Å². The van der Waals surface area contributed by atoms with Crippen molar-refractivity contribution in [1.29, 1.82) is 0 Å². The number of pyridine rings is 1. The molecule has 21 heavy (non-hydrogen) atoms. The van der Waals surface area contributed by atoms with Crippen LogP contribution in [0.3, 0.4) is 0 Å². The predicted octanol–water partition coefficient (Wildman–Crippen LogP) is 1.26. The van der Waals surface area contributed by atoms with Gasteiger partial charge in [0.05, 0.1) is 6.54 Å². The van der Waals surface area contributed by atoms with Gasteiger partial charge in [-0.2, -0.15) is 0 Å². The van der Waals surface area contributed by atoms with E-state index in [0.29, 0.717) is 12.6 Å². The average molecular weight is 288 g/mol. The molecule has 0 aromatic carbocycles. The zero-order valence-electron chi connectivity index (χ0n) is 12.5. The van der Waals surface area contributed by atoms with Gasteiger partial charge in [0.2, 0.25) is 5.91 Å². The van der Waals surface area contributed by atoms with Crippen LogP contribution in [0.15, 0.2) is 6.07 Å². The molecule has 1 aromatic heterocycles. The fourth-order valence-electron chi connectivity index (χ4n) is 3.67. The Labute approximate surface area is 125 Å². The largest absolute Gasteiger partial charge is 0.368 e. The van der Waals surface area contributed by atoms with Gasteiger partial charge in [0.25, 0.3) is 0 Å². The summed E-state index contributed by atoms with van der Waals surface area (Å²) in [6, 6.07) is 2.56. The number of aryl methyl sites for hydroxylation is 2. The lowest BCUT2D eigenvalue weighted by Crippen LogP contribution is -2.41. The number of nitrogens with two attached hydrogens (primary N) is 2. The standard InChI is InChI=1S/C16H24N4O/c17-9-12-8-11-4-3-7-14(11)19-16(12)20(10-15(18)21)13-5-1-2-6-13/h8,13H,1-7,9-10,17H2,(H2,18,21). The normalized spacial score (nSPS) is 18.0. The van der Waals surface area contributed by atoms with Gasteiger partial charge in [0.1, 0.15) is 5.82 Å². The average Bonchev–Trinajstić information content (AvgIpc) is 3.13. The summed E-state index contributed by atoms with van der Waals surface area (Å²) in [7, 11) is 0. The number of hydrogen-bond donors (Lipinski definition) is 2. The first kappa shape index (κ1) is 14.3. The van der Waals surface area contributed by atoms with Gasteiger partial charge in [-0.15, -0.1) is 0 Å². The third-order valence-electron chi connectivity index (χ3n) is 4.69. The van der Waals surface area contributed by atoms with E-state index in [9.17, 15) is 4.79 Å². The zero-order valence-corrected chi connectivity index (χ0v) is 12.5. The summed E-state index contributed by atoms with van der Waals surface area (Å²) in [5.41, 5.74) is 14.9. The number of amides is 1. The van der Waals surface area contributed by atoms with E-state index in [1.54, 1.807) is 0 Å². The second-order valence-electron chi connectivity index (χ2n) is 6.17. The Morgan fingerprint density at radius 2 is 2.05 bits per heavy atom. The molecule has 1 aromatic rings. The molecule has 0 aliphatic heterocycles. The molecule has 1 heterocycles. The van der Waals surface area contributed by atoms with Crippen LogP contribution in [-0.2, 0) is 24.2 Å². The van der Waals surface area contributed by atoms with Crippen LogP contribution >= 0.6 is 0 Å². The molecule has 0 saturated heterocycles. The fourth-order valence-corrected chi connectivity index (χ4v) is 3.67. The highest BCUT2D eigenvalue weighted by Gasteiger charge is 2.28. The molecule has 1 saturated carbocycles. The van der Waals surface area contributed by atoms with Crippen molar-refractivity contribution in [2.75, 3.05) is 11.4 Å². The summed E-state index contributed by atoms with van der Waals surface area (Å²) in [6.07, 6.45) is 7.92. The van der Waals surface area contributed by atoms with E-state index in [1.165, 1.54) is 24.1 Å². The Morgan fingerprint density at radius 3 is 2.71 bits per heavy atom. The molecule has 4 N–H and O–H groups in total. The quantitative estimate of drug-likeness (QED) is 0.854. The van der Waals surface area contributed by atoms with Gasteiger partial charge >= 0.3 is 0 Å². The highest BCUT2D eigenvalue weighted by Crippen LogP contribution is 2.32. The van der Waals surface area contributed by atoms with Gasteiger partial charge in [0.15, 0.2) is 0 Å². The summed E-state index contributed by atoms with van der Waals surface area (Å²) in [6.45, 7) is 0.695. The van der Waals surface area contributed by atoms with Crippen LogP contribution in [0.2, 0.25) is 0 Å². The van der Waals surface area contributed by atoms with Crippen molar-refractivity contribution in [3.63, 3.8) is 0 Å². The lowest BCUT2D eigenvalue weighted by atomic mass is 10.1. The monoisotopic (exact) mass is 288 g/mol. The van der Waals surface area contributed by atoms with Gasteiger partial charge in [0, 0.05) is 23.8 Å². The summed E-state index contributed by atoms with van der Waals surface area (Å²) in [5.74, 6) is 0.594. The van der Waals surface area contributed by atoms with Crippen LogP contribution in [0.25, 0.3) is 0 Å². The van der Waals surface area contributed by atoms with Gasteiger partial charge < -0.3 is 16.4 Å². The minimum absolute atomic E-state index is 0.240. The van der Waals surface area contributed by atoms with E-state index in [-0.39, 0.29) is 12.5 Å². The van der Waals surface area contributed by atoms with Crippen LogP contribution < -0.4 is 16.4 Å². The maximum absolute atomic E-state index is 11.5. The fraction of sp³-hybridized carbons (Fsp3) is 0.625. The van der Waals surface area contributed by atoms with Crippen LogP contribution in [0.4, 0.5) is 5.82 Å². The van der Waals surface area contributed by atoms with E-state index in [0.717, 1.165) is 43.5 Å². The topological polar surface area (TPSA) is 85.2 Å². The highest BCUT2D eigenvalue weighted by atomic mass is 16.1. The predicted molar refractivity (Wildman–Crippen MR) is 82.9 cm³/mol. The maximum atomic E-state index is 11.5. The Kier molecular flexibility index (Phi) is 4.10. The van der Waals surface area contributed by atoms with E-state index < -0.39 is 0 Å². The number of fused-ring (bicyclic) bond motifs is 1. The number of rotatable bonds is 5. The molecule has 0 atom stereocenters. The molecular formula is C16H24N4O.